The highest BCUT2D eigenvalue weighted by molar-refractivity contribution is 7.98. The quantitative estimate of drug-likeness (QED) is 0.224. The number of benzene rings is 1. The van der Waals surface area contributed by atoms with Crippen molar-refractivity contribution in [2.45, 2.75) is 43.8 Å². The Morgan fingerprint density at radius 2 is 2.03 bits per heavy atom. The molecular formula is C21H22N4O4S. The van der Waals surface area contributed by atoms with Crippen LogP contribution in [0.1, 0.15) is 26.2 Å². The molecule has 0 unspecified atom stereocenters. The third-order valence-electron chi connectivity index (χ3n) is 4.34. The second-order valence-corrected chi connectivity index (χ2v) is 7.86. The predicted octanol–water partition coefficient (Wildman–Crippen LogP) is 4.15. The number of aromatic nitrogens is 4. The van der Waals surface area contributed by atoms with Crippen molar-refractivity contribution in [3.05, 3.63) is 58.9 Å². The van der Waals surface area contributed by atoms with Crippen LogP contribution in [-0.2, 0) is 17.0 Å². The van der Waals surface area contributed by atoms with E-state index in [-0.39, 0.29) is 11.7 Å². The van der Waals surface area contributed by atoms with E-state index < -0.39 is 0 Å². The first kappa shape index (κ1) is 20.4. The average Bonchev–Trinajstić information content (AvgIpc) is 3.43. The van der Waals surface area contributed by atoms with Crippen molar-refractivity contribution in [3.8, 4) is 11.6 Å². The molecule has 3 heterocycles. The molecule has 0 N–H and O–H groups in total. The van der Waals surface area contributed by atoms with Crippen LogP contribution in [0.4, 0.5) is 0 Å². The van der Waals surface area contributed by atoms with Crippen molar-refractivity contribution in [3.63, 3.8) is 0 Å². The van der Waals surface area contributed by atoms with E-state index in [1.165, 1.54) is 11.8 Å². The van der Waals surface area contributed by atoms with E-state index in [0.29, 0.717) is 52.4 Å². The molecule has 9 heteroatoms. The molecule has 0 fully saturated rings. The number of hydrogen-bond donors (Lipinski definition) is 0. The molecule has 0 radical (unpaired) electrons. The van der Waals surface area contributed by atoms with E-state index in [0.717, 1.165) is 6.42 Å². The molecule has 0 saturated carbocycles. The van der Waals surface area contributed by atoms with Crippen LogP contribution >= 0.6 is 11.8 Å². The van der Waals surface area contributed by atoms with E-state index in [2.05, 4.69) is 10.1 Å². The number of ether oxygens (including phenoxy) is 1. The summed E-state index contributed by atoms with van der Waals surface area (Å²) < 4.78 is 17.9. The third kappa shape index (κ3) is 4.63. The van der Waals surface area contributed by atoms with Gasteiger partial charge in [0.1, 0.15) is 0 Å². The van der Waals surface area contributed by atoms with Gasteiger partial charge in [0.25, 0.3) is 5.56 Å². The number of thioether (sulfide) groups is 1. The zero-order chi connectivity index (χ0) is 20.9. The van der Waals surface area contributed by atoms with Crippen molar-refractivity contribution < 1.29 is 13.7 Å². The van der Waals surface area contributed by atoms with Gasteiger partial charge in [-0.15, -0.1) is 0 Å². The summed E-state index contributed by atoms with van der Waals surface area (Å²) in [7, 11) is 0. The summed E-state index contributed by atoms with van der Waals surface area (Å²) in [6, 6.07) is 10.9. The van der Waals surface area contributed by atoms with Crippen molar-refractivity contribution >= 4 is 22.7 Å². The van der Waals surface area contributed by atoms with Gasteiger partial charge in [-0.25, -0.2) is 4.98 Å². The molecule has 0 bridgehead atoms. The van der Waals surface area contributed by atoms with Crippen LogP contribution in [0, 0.1) is 0 Å². The first-order chi connectivity index (χ1) is 14.6. The number of furan rings is 1. The lowest BCUT2D eigenvalue weighted by atomic mass is 10.2. The smallest absolute Gasteiger partial charge is 0.262 e. The van der Waals surface area contributed by atoms with Crippen LogP contribution in [0.15, 0.2) is 61.6 Å². The monoisotopic (exact) mass is 426 g/mol. The summed E-state index contributed by atoms with van der Waals surface area (Å²) in [5.41, 5.74) is 0.607. The Balaban J connectivity index is 1.55. The topological polar surface area (TPSA) is 96.2 Å². The maximum atomic E-state index is 13.1. The highest BCUT2D eigenvalue weighted by atomic mass is 32.2. The van der Waals surface area contributed by atoms with E-state index in [4.69, 9.17) is 18.7 Å². The van der Waals surface area contributed by atoms with E-state index >= 15 is 0 Å². The maximum absolute atomic E-state index is 13.1. The molecular weight excluding hydrogens is 404 g/mol. The van der Waals surface area contributed by atoms with E-state index in [1.54, 1.807) is 29.0 Å². The predicted molar refractivity (Wildman–Crippen MR) is 113 cm³/mol. The summed E-state index contributed by atoms with van der Waals surface area (Å²) in [6.07, 6.45) is 2.43. The number of nitrogens with zero attached hydrogens (tertiary/aromatic N) is 4. The SMILES string of the molecule is CC(C)OCCCn1c(SCc2nc(-c3ccco3)no2)nc2ccccc2c1=O. The van der Waals surface area contributed by atoms with Crippen LogP contribution in [0.2, 0.25) is 0 Å². The Kier molecular flexibility index (Phi) is 6.29. The Hall–Kier alpha value is -2.91. The molecule has 0 aliphatic heterocycles. The molecule has 4 aromatic rings. The van der Waals surface area contributed by atoms with Gasteiger partial charge in [-0.1, -0.05) is 29.1 Å². The van der Waals surface area contributed by atoms with Gasteiger partial charge in [0.2, 0.25) is 11.7 Å². The van der Waals surface area contributed by atoms with E-state index in [9.17, 15) is 4.79 Å². The fourth-order valence-electron chi connectivity index (χ4n) is 2.94. The number of hydrogen-bond acceptors (Lipinski definition) is 8. The summed E-state index contributed by atoms with van der Waals surface area (Å²) in [5.74, 6) is 1.76. The summed E-state index contributed by atoms with van der Waals surface area (Å²) in [5, 5.41) is 5.15. The van der Waals surface area contributed by atoms with Gasteiger partial charge in [0.15, 0.2) is 10.9 Å². The fraction of sp³-hybridized carbons (Fsp3) is 0.333. The first-order valence-corrected chi connectivity index (χ1v) is 10.7. The molecule has 3 aromatic heterocycles. The zero-order valence-electron chi connectivity index (χ0n) is 16.8. The molecule has 30 heavy (non-hydrogen) atoms. The normalized spacial score (nSPS) is 11.6. The average molecular weight is 426 g/mol. The Labute approximate surface area is 177 Å². The van der Waals surface area contributed by atoms with Gasteiger partial charge < -0.3 is 13.7 Å². The summed E-state index contributed by atoms with van der Waals surface area (Å²) >= 11 is 1.39. The van der Waals surface area contributed by atoms with Crippen LogP contribution in [0.3, 0.4) is 0 Å². The number of para-hydroxylation sites is 1. The molecule has 8 nitrogen and oxygen atoms in total. The third-order valence-corrected chi connectivity index (χ3v) is 5.30. The second kappa shape index (κ2) is 9.27. The van der Waals surface area contributed by atoms with Crippen LogP contribution in [0.5, 0.6) is 0 Å². The maximum Gasteiger partial charge on any atom is 0.262 e. The zero-order valence-corrected chi connectivity index (χ0v) is 17.6. The minimum Gasteiger partial charge on any atom is -0.461 e. The minimum absolute atomic E-state index is 0.0607. The molecule has 0 spiro atoms. The van der Waals surface area contributed by atoms with Crippen molar-refractivity contribution in [2.24, 2.45) is 0 Å². The Morgan fingerprint density at radius 1 is 1.17 bits per heavy atom. The van der Waals surface area contributed by atoms with Gasteiger partial charge in [-0.2, -0.15) is 4.98 Å². The molecule has 0 aliphatic carbocycles. The van der Waals surface area contributed by atoms with E-state index in [1.807, 2.05) is 32.0 Å². The number of rotatable bonds is 9. The first-order valence-electron chi connectivity index (χ1n) is 9.72. The van der Waals surface area contributed by atoms with Crippen LogP contribution in [0.25, 0.3) is 22.5 Å². The lowest BCUT2D eigenvalue weighted by Crippen LogP contribution is -2.24. The van der Waals surface area contributed by atoms with Gasteiger partial charge in [-0.3, -0.25) is 9.36 Å². The van der Waals surface area contributed by atoms with Gasteiger partial charge in [-0.05, 0) is 44.5 Å². The lowest BCUT2D eigenvalue weighted by Gasteiger charge is -2.13. The Bertz CT molecular complexity index is 1170. The fourth-order valence-corrected chi connectivity index (χ4v) is 3.81. The van der Waals surface area contributed by atoms with Crippen molar-refractivity contribution in [1.82, 2.24) is 19.7 Å². The summed E-state index contributed by atoms with van der Waals surface area (Å²) in [4.78, 5) is 22.1. The molecule has 0 atom stereocenters. The molecule has 0 aliphatic rings. The second-order valence-electron chi connectivity index (χ2n) is 6.92. The van der Waals surface area contributed by atoms with Crippen LogP contribution < -0.4 is 5.56 Å². The largest absolute Gasteiger partial charge is 0.461 e. The van der Waals surface area contributed by atoms with Gasteiger partial charge >= 0.3 is 0 Å². The van der Waals surface area contributed by atoms with Crippen molar-refractivity contribution in [2.75, 3.05) is 6.61 Å². The molecule has 4 rings (SSSR count). The molecule has 1 aromatic carbocycles. The highest BCUT2D eigenvalue weighted by Gasteiger charge is 2.15. The molecule has 0 saturated heterocycles. The van der Waals surface area contributed by atoms with Crippen molar-refractivity contribution in [1.29, 1.82) is 0 Å². The van der Waals surface area contributed by atoms with Gasteiger partial charge in [0, 0.05) is 13.2 Å². The Morgan fingerprint density at radius 3 is 2.83 bits per heavy atom. The van der Waals surface area contributed by atoms with Crippen LogP contribution in [-0.4, -0.2) is 32.4 Å². The molecule has 156 valence electrons. The van der Waals surface area contributed by atoms with Gasteiger partial charge in [0.05, 0.1) is 29.0 Å². The minimum atomic E-state index is -0.0607. The lowest BCUT2D eigenvalue weighted by molar-refractivity contribution is 0.0743. The highest BCUT2D eigenvalue weighted by Crippen LogP contribution is 2.23. The summed E-state index contributed by atoms with van der Waals surface area (Å²) in [6.45, 7) is 5.09. The number of fused-ring (bicyclic) bond motifs is 1. The molecule has 0 amide bonds. The standard InChI is InChI=1S/C21H22N4O4S/c1-14(2)27-12-6-10-25-20(26)15-7-3-4-8-16(15)22-21(25)30-13-18-23-19(24-29-18)17-9-5-11-28-17/h3-5,7-9,11,14H,6,10,12-13H2,1-2H3.